The summed E-state index contributed by atoms with van der Waals surface area (Å²) in [6.07, 6.45) is 0. The highest BCUT2D eigenvalue weighted by molar-refractivity contribution is 7.89. The summed E-state index contributed by atoms with van der Waals surface area (Å²) in [6.45, 7) is 0.0403. The Morgan fingerprint density at radius 1 is 0.857 bits per heavy atom. The second-order valence-electron chi connectivity index (χ2n) is 4.11. The third-order valence-electron chi connectivity index (χ3n) is 2.67. The average Bonchev–Trinajstić information content (AvgIpc) is 2.42. The van der Waals surface area contributed by atoms with Crippen LogP contribution in [0.3, 0.4) is 0 Å². The van der Waals surface area contributed by atoms with E-state index < -0.39 is 10.0 Å². The molecule has 112 valence electrons. The van der Waals surface area contributed by atoms with Crippen LogP contribution in [0.15, 0.2) is 41.3 Å². The van der Waals surface area contributed by atoms with Crippen molar-refractivity contribution < 1.29 is 8.42 Å². The van der Waals surface area contributed by atoms with Gasteiger partial charge in [-0.3, -0.25) is 0 Å². The number of benzene rings is 2. The molecule has 1 N–H and O–H groups in total. The van der Waals surface area contributed by atoms with E-state index in [9.17, 15) is 8.42 Å². The normalized spacial score (nSPS) is 11.6. The monoisotopic (exact) mass is 383 g/mol. The Hall–Kier alpha value is -0.490. The highest BCUT2D eigenvalue weighted by Crippen LogP contribution is 2.31. The lowest BCUT2D eigenvalue weighted by atomic mass is 10.2. The third-order valence-corrected chi connectivity index (χ3v) is 5.63. The summed E-state index contributed by atoms with van der Waals surface area (Å²) >= 11 is 23.5. The molecule has 0 atom stereocenters. The molecule has 8 heteroatoms. The molecule has 0 saturated heterocycles. The maximum Gasteiger partial charge on any atom is 0.242 e. The van der Waals surface area contributed by atoms with Gasteiger partial charge in [0.25, 0.3) is 0 Å². The first-order valence-corrected chi connectivity index (χ1v) is 8.68. The Labute approximate surface area is 142 Å². The Kier molecular flexibility index (Phi) is 5.41. The van der Waals surface area contributed by atoms with Crippen LogP contribution in [-0.2, 0) is 16.6 Å². The van der Waals surface area contributed by atoms with Gasteiger partial charge in [-0.15, -0.1) is 0 Å². The fraction of sp³-hybridized carbons (Fsp3) is 0.0769. The molecule has 2 aromatic carbocycles. The SMILES string of the molecule is O=S(=O)(NCc1ccccc1Cl)c1cc(Cl)c(Cl)cc1Cl. The number of halogens is 4. The van der Waals surface area contributed by atoms with Crippen LogP contribution >= 0.6 is 46.4 Å². The van der Waals surface area contributed by atoms with E-state index in [4.69, 9.17) is 46.4 Å². The average molecular weight is 385 g/mol. The maximum absolute atomic E-state index is 12.3. The predicted octanol–water partition coefficient (Wildman–Crippen LogP) is 4.78. The van der Waals surface area contributed by atoms with Gasteiger partial charge in [-0.25, -0.2) is 13.1 Å². The molecule has 0 heterocycles. The minimum Gasteiger partial charge on any atom is -0.207 e. The molecular weight excluding hydrogens is 376 g/mol. The van der Waals surface area contributed by atoms with Gasteiger partial charge in [0.1, 0.15) is 4.90 Å². The van der Waals surface area contributed by atoms with E-state index in [1.54, 1.807) is 24.3 Å². The van der Waals surface area contributed by atoms with E-state index in [0.29, 0.717) is 10.6 Å². The molecule has 3 nitrogen and oxygen atoms in total. The zero-order valence-corrected chi connectivity index (χ0v) is 14.2. The number of hydrogen-bond acceptors (Lipinski definition) is 2. The lowest BCUT2D eigenvalue weighted by Gasteiger charge is -2.10. The highest BCUT2D eigenvalue weighted by Gasteiger charge is 2.20. The van der Waals surface area contributed by atoms with Crippen molar-refractivity contribution in [2.45, 2.75) is 11.4 Å². The highest BCUT2D eigenvalue weighted by atomic mass is 35.5. The molecular formula is C13H9Cl4NO2S. The van der Waals surface area contributed by atoms with Gasteiger partial charge in [-0.1, -0.05) is 64.6 Å². The molecule has 0 spiro atoms. The maximum atomic E-state index is 12.3. The van der Waals surface area contributed by atoms with Gasteiger partial charge >= 0.3 is 0 Å². The zero-order chi connectivity index (χ0) is 15.6. The van der Waals surface area contributed by atoms with Crippen LogP contribution in [-0.4, -0.2) is 8.42 Å². The van der Waals surface area contributed by atoms with Crippen molar-refractivity contribution in [2.24, 2.45) is 0 Å². The van der Waals surface area contributed by atoms with Gasteiger partial charge in [0.15, 0.2) is 0 Å². The second-order valence-corrected chi connectivity index (χ2v) is 7.48. The van der Waals surface area contributed by atoms with Crippen LogP contribution in [0.25, 0.3) is 0 Å². The number of hydrogen-bond donors (Lipinski definition) is 1. The molecule has 0 aliphatic rings. The summed E-state index contributed by atoms with van der Waals surface area (Å²) in [5, 5.41) is 0.766. The first kappa shape index (κ1) is 16.9. The molecule has 2 rings (SSSR count). The fourth-order valence-corrected chi connectivity index (χ4v) is 3.81. The third kappa shape index (κ3) is 4.03. The summed E-state index contributed by atoms with van der Waals surface area (Å²) in [5.74, 6) is 0. The van der Waals surface area contributed by atoms with Gasteiger partial charge in [0.2, 0.25) is 10.0 Å². The molecule has 21 heavy (non-hydrogen) atoms. The number of sulfonamides is 1. The predicted molar refractivity (Wildman–Crippen MR) is 86.9 cm³/mol. The van der Waals surface area contributed by atoms with Gasteiger partial charge in [-0.05, 0) is 23.8 Å². The van der Waals surface area contributed by atoms with Crippen LogP contribution in [0.1, 0.15) is 5.56 Å². The van der Waals surface area contributed by atoms with Crippen molar-refractivity contribution >= 4 is 56.4 Å². The largest absolute Gasteiger partial charge is 0.242 e. The van der Waals surface area contributed by atoms with Crippen molar-refractivity contribution in [2.75, 3.05) is 0 Å². The van der Waals surface area contributed by atoms with Crippen molar-refractivity contribution in [3.05, 3.63) is 62.1 Å². The van der Waals surface area contributed by atoms with Crippen molar-refractivity contribution in [1.29, 1.82) is 0 Å². The lowest BCUT2D eigenvalue weighted by molar-refractivity contribution is 0.581. The van der Waals surface area contributed by atoms with Crippen molar-refractivity contribution in [3.8, 4) is 0 Å². The van der Waals surface area contributed by atoms with E-state index in [-0.39, 0.29) is 26.5 Å². The Morgan fingerprint density at radius 3 is 2.14 bits per heavy atom. The van der Waals surface area contributed by atoms with Gasteiger partial charge in [0.05, 0.1) is 15.1 Å². The van der Waals surface area contributed by atoms with Crippen LogP contribution < -0.4 is 4.72 Å². The summed E-state index contributed by atoms with van der Waals surface area (Å²) in [6, 6.07) is 9.42. The van der Waals surface area contributed by atoms with E-state index in [2.05, 4.69) is 4.72 Å². The number of rotatable bonds is 4. The van der Waals surface area contributed by atoms with Gasteiger partial charge in [-0.2, -0.15) is 0 Å². The molecule has 0 bridgehead atoms. The molecule has 0 aliphatic carbocycles. The molecule has 0 saturated carbocycles. The van der Waals surface area contributed by atoms with Crippen molar-refractivity contribution in [3.63, 3.8) is 0 Å². The molecule has 0 unspecified atom stereocenters. The van der Waals surface area contributed by atoms with Gasteiger partial charge in [0, 0.05) is 11.6 Å². The van der Waals surface area contributed by atoms with E-state index in [1.165, 1.54) is 12.1 Å². The fourth-order valence-electron chi connectivity index (χ4n) is 1.60. The Bertz CT molecular complexity index is 778. The summed E-state index contributed by atoms with van der Waals surface area (Å²) in [5.41, 5.74) is 0.652. The van der Waals surface area contributed by atoms with E-state index in [1.807, 2.05) is 0 Å². The molecule has 2 aromatic rings. The Balaban J connectivity index is 2.27. The first-order valence-electron chi connectivity index (χ1n) is 5.69. The Morgan fingerprint density at radius 2 is 1.48 bits per heavy atom. The molecule has 0 aliphatic heterocycles. The zero-order valence-electron chi connectivity index (χ0n) is 10.4. The smallest absolute Gasteiger partial charge is 0.207 e. The number of nitrogens with one attached hydrogen (secondary N) is 1. The molecule has 0 amide bonds. The minimum absolute atomic E-state index is 0.00365. The standard InChI is InChI=1S/C13H9Cl4NO2S/c14-9-4-2-1-3-8(9)7-18-21(19,20)13-6-11(16)10(15)5-12(13)17/h1-6,18H,7H2. The minimum atomic E-state index is -3.83. The van der Waals surface area contributed by atoms with Crippen molar-refractivity contribution in [1.82, 2.24) is 4.72 Å². The first-order chi connectivity index (χ1) is 9.81. The lowest BCUT2D eigenvalue weighted by Crippen LogP contribution is -2.23. The molecule has 0 radical (unpaired) electrons. The van der Waals surface area contributed by atoms with E-state index in [0.717, 1.165) is 0 Å². The van der Waals surface area contributed by atoms with E-state index >= 15 is 0 Å². The summed E-state index contributed by atoms with van der Waals surface area (Å²) in [7, 11) is -3.83. The van der Waals surface area contributed by atoms with Crippen LogP contribution in [0, 0.1) is 0 Å². The summed E-state index contributed by atoms with van der Waals surface area (Å²) in [4.78, 5) is -0.134. The molecule has 0 aromatic heterocycles. The topological polar surface area (TPSA) is 46.2 Å². The quantitative estimate of drug-likeness (QED) is 0.771. The second kappa shape index (κ2) is 6.73. The van der Waals surface area contributed by atoms with Crippen LogP contribution in [0.5, 0.6) is 0 Å². The van der Waals surface area contributed by atoms with Gasteiger partial charge < -0.3 is 0 Å². The molecule has 0 fully saturated rings. The van der Waals surface area contributed by atoms with Crippen LogP contribution in [0.2, 0.25) is 20.1 Å². The summed E-state index contributed by atoms with van der Waals surface area (Å²) < 4.78 is 26.9. The van der Waals surface area contributed by atoms with Crippen LogP contribution in [0.4, 0.5) is 0 Å².